The fourth-order valence-electron chi connectivity index (χ4n) is 4.14. The predicted molar refractivity (Wildman–Crippen MR) is 131 cm³/mol. The summed E-state index contributed by atoms with van der Waals surface area (Å²) in [5, 5.41) is 15.5. The van der Waals surface area contributed by atoms with Crippen LogP contribution >= 0.6 is 11.8 Å². The number of rotatable bonds is 11. The molecule has 3 rings (SSSR count). The number of hydrogen-bond donors (Lipinski definition) is 4. The van der Waals surface area contributed by atoms with Gasteiger partial charge in [0.25, 0.3) is 0 Å². The van der Waals surface area contributed by atoms with Gasteiger partial charge in [-0.2, -0.15) is 11.8 Å². The van der Waals surface area contributed by atoms with Crippen molar-refractivity contribution < 1.29 is 19.5 Å². The molecule has 2 amide bonds. The van der Waals surface area contributed by atoms with Gasteiger partial charge in [0.2, 0.25) is 11.8 Å². The lowest BCUT2D eigenvalue weighted by Crippen LogP contribution is -2.59. The molecule has 0 aliphatic carbocycles. The number of amides is 2. The molecule has 1 aliphatic rings. The van der Waals surface area contributed by atoms with Crippen LogP contribution in [0.25, 0.3) is 0 Å². The third-order valence-electron chi connectivity index (χ3n) is 6.05. The van der Waals surface area contributed by atoms with Crippen molar-refractivity contribution in [2.75, 3.05) is 12.0 Å². The Bertz CT molecular complexity index is 982. The summed E-state index contributed by atoms with van der Waals surface area (Å²) in [5.74, 6) is -1.11. The molecule has 3 atom stereocenters. The van der Waals surface area contributed by atoms with Crippen LogP contribution in [0.4, 0.5) is 0 Å². The summed E-state index contributed by atoms with van der Waals surface area (Å²) in [6.07, 6.45) is 5.90. The minimum Gasteiger partial charge on any atom is -0.480 e. The van der Waals surface area contributed by atoms with E-state index in [1.165, 1.54) is 11.8 Å². The summed E-state index contributed by atoms with van der Waals surface area (Å²) in [6.45, 7) is 4.62. The van der Waals surface area contributed by atoms with Crippen molar-refractivity contribution in [3.05, 3.63) is 53.6 Å². The van der Waals surface area contributed by atoms with Gasteiger partial charge in [-0.25, -0.2) is 9.78 Å². The first-order valence-corrected chi connectivity index (χ1v) is 12.8. The number of carbonyl (C=O) groups is 3. The zero-order valence-corrected chi connectivity index (χ0v) is 20.6. The van der Waals surface area contributed by atoms with E-state index < -0.39 is 30.0 Å². The Balaban J connectivity index is 1.83. The number of fused-ring (bicyclic) bond motifs is 1. The normalized spacial score (nSPS) is 17.2. The maximum absolute atomic E-state index is 13.8. The molecule has 0 unspecified atom stereocenters. The van der Waals surface area contributed by atoms with E-state index in [0.29, 0.717) is 31.7 Å². The maximum Gasteiger partial charge on any atom is 0.326 e. The van der Waals surface area contributed by atoms with Crippen LogP contribution in [0, 0.1) is 5.92 Å². The Morgan fingerprint density at radius 2 is 2.00 bits per heavy atom. The van der Waals surface area contributed by atoms with Crippen LogP contribution in [-0.2, 0) is 33.9 Å². The first-order chi connectivity index (χ1) is 16.3. The first-order valence-electron chi connectivity index (χ1n) is 11.4. The number of benzene rings is 1. The number of carboxylic acids is 1. The smallest absolute Gasteiger partial charge is 0.326 e. The average Bonchev–Trinajstić information content (AvgIpc) is 3.34. The molecule has 1 aromatic heterocycles. The average molecular weight is 488 g/mol. The van der Waals surface area contributed by atoms with Crippen molar-refractivity contribution in [1.29, 1.82) is 0 Å². The second kappa shape index (κ2) is 12.0. The highest BCUT2D eigenvalue weighted by atomic mass is 32.2. The molecule has 1 aliphatic heterocycles. The van der Waals surface area contributed by atoms with Crippen LogP contribution in [0.15, 0.2) is 36.8 Å². The van der Waals surface area contributed by atoms with Gasteiger partial charge in [0.1, 0.15) is 12.1 Å². The molecule has 0 saturated carbocycles. The number of hydrogen-bond acceptors (Lipinski definition) is 6. The third kappa shape index (κ3) is 6.38. The Labute approximate surface area is 204 Å². The lowest BCUT2D eigenvalue weighted by molar-refractivity contribution is -0.146. The standard InChI is InChI=1S/C24H33N5O4S/c1-15(2)21(26-12-18-11-25-14-27-18)23(31)29-13-17-7-5-4-6-16(17)10-20(29)22(30)28-19(24(32)33)8-9-34-3/h4-7,11,14-15,19-21,26H,8-10,12-13H2,1-3H3,(H,25,27)(H,28,30)(H,32,33)/t19-,20+,21-/m0/s1. The molecule has 0 bridgehead atoms. The largest absolute Gasteiger partial charge is 0.480 e. The van der Waals surface area contributed by atoms with Crippen molar-refractivity contribution in [3.63, 3.8) is 0 Å². The van der Waals surface area contributed by atoms with E-state index in [2.05, 4.69) is 20.6 Å². The lowest BCUT2D eigenvalue weighted by atomic mass is 9.91. The van der Waals surface area contributed by atoms with Crippen LogP contribution in [0.5, 0.6) is 0 Å². The molecule has 2 aromatic rings. The Morgan fingerprint density at radius 3 is 2.62 bits per heavy atom. The van der Waals surface area contributed by atoms with Gasteiger partial charge in [0.05, 0.1) is 18.1 Å². The van der Waals surface area contributed by atoms with Crippen molar-refractivity contribution in [1.82, 2.24) is 25.5 Å². The molecule has 4 N–H and O–H groups in total. The number of H-pyrrole nitrogens is 1. The predicted octanol–water partition coefficient (Wildman–Crippen LogP) is 1.80. The van der Waals surface area contributed by atoms with E-state index in [1.807, 2.05) is 44.4 Å². The molecule has 2 heterocycles. The zero-order chi connectivity index (χ0) is 24.7. The zero-order valence-electron chi connectivity index (χ0n) is 19.8. The maximum atomic E-state index is 13.8. The number of aliphatic carboxylic acids is 1. The molecular formula is C24H33N5O4S. The molecule has 1 aromatic carbocycles. The summed E-state index contributed by atoms with van der Waals surface area (Å²) >= 11 is 1.52. The van der Waals surface area contributed by atoms with Gasteiger partial charge >= 0.3 is 5.97 Å². The van der Waals surface area contributed by atoms with Crippen LogP contribution in [-0.4, -0.2) is 67.9 Å². The van der Waals surface area contributed by atoms with Crippen molar-refractivity contribution in [3.8, 4) is 0 Å². The van der Waals surface area contributed by atoms with Crippen molar-refractivity contribution in [2.24, 2.45) is 5.92 Å². The molecule has 0 spiro atoms. The summed E-state index contributed by atoms with van der Waals surface area (Å²) < 4.78 is 0. The monoisotopic (exact) mass is 487 g/mol. The summed E-state index contributed by atoms with van der Waals surface area (Å²) in [6, 6.07) is 5.44. The second-order valence-electron chi connectivity index (χ2n) is 8.80. The molecular weight excluding hydrogens is 454 g/mol. The van der Waals surface area contributed by atoms with Gasteiger partial charge in [0, 0.05) is 25.7 Å². The number of carbonyl (C=O) groups excluding carboxylic acids is 2. The number of imidazole rings is 1. The number of aromatic nitrogens is 2. The number of aromatic amines is 1. The van der Waals surface area contributed by atoms with E-state index in [4.69, 9.17) is 0 Å². The summed E-state index contributed by atoms with van der Waals surface area (Å²) in [7, 11) is 0. The molecule has 10 heteroatoms. The van der Waals surface area contributed by atoms with Gasteiger partial charge in [-0.1, -0.05) is 38.1 Å². The van der Waals surface area contributed by atoms with Gasteiger partial charge in [-0.3, -0.25) is 14.9 Å². The fourth-order valence-corrected chi connectivity index (χ4v) is 4.61. The van der Waals surface area contributed by atoms with Crippen molar-refractivity contribution in [2.45, 2.75) is 57.9 Å². The molecule has 184 valence electrons. The van der Waals surface area contributed by atoms with E-state index >= 15 is 0 Å². The molecule has 0 fully saturated rings. The SMILES string of the molecule is CSCC[C@H](NC(=O)[C@H]1Cc2ccccc2CN1C(=O)[C@@H](NCc1c[nH]cn1)C(C)C)C(=O)O. The minimum atomic E-state index is -1.07. The number of nitrogens with one attached hydrogen (secondary N) is 3. The van der Waals surface area contributed by atoms with Gasteiger partial charge in [0.15, 0.2) is 0 Å². The number of thioether (sulfide) groups is 1. The van der Waals surface area contributed by atoms with Gasteiger partial charge in [-0.05, 0) is 35.5 Å². The third-order valence-corrected chi connectivity index (χ3v) is 6.69. The molecule has 0 radical (unpaired) electrons. The Kier molecular flexibility index (Phi) is 9.12. The Hall–Kier alpha value is -2.85. The molecule has 0 saturated heterocycles. The summed E-state index contributed by atoms with van der Waals surface area (Å²) in [4.78, 5) is 47.5. The van der Waals surface area contributed by atoms with Gasteiger partial charge < -0.3 is 20.3 Å². The summed E-state index contributed by atoms with van der Waals surface area (Å²) in [5.41, 5.74) is 2.77. The number of nitrogens with zero attached hydrogens (tertiary/aromatic N) is 2. The quantitative estimate of drug-likeness (QED) is 0.381. The van der Waals surface area contributed by atoms with Gasteiger partial charge in [-0.15, -0.1) is 0 Å². The van der Waals surface area contributed by atoms with E-state index in [9.17, 15) is 19.5 Å². The van der Waals surface area contributed by atoms with Crippen LogP contribution in [0.1, 0.15) is 37.1 Å². The lowest BCUT2D eigenvalue weighted by Gasteiger charge is -2.39. The first kappa shape index (κ1) is 25.8. The van der Waals surface area contributed by atoms with Crippen LogP contribution in [0.3, 0.4) is 0 Å². The number of carboxylic acid groups (broad SMARTS) is 1. The Morgan fingerprint density at radius 1 is 1.26 bits per heavy atom. The highest BCUT2D eigenvalue weighted by Gasteiger charge is 2.39. The minimum absolute atomic E-state index is 0.0272. The van der Waals surface area contributed by atoms with Crippen molar-refractivity contribution >= 4 is 29.5 Å². The molecule has 34 heavy (non-hydrogen) atoms. The topological polar surface area (TPSA) is 127 Å². The van der Waals surface area contributed by atoms with E-state index in [1.54, 1.807) is 17.4 Å². The van der Waals surface area contributed by atoms with Crippen LogP contribution < -0.4 is 10.6 Å². The fraction of sp³-hybridized carbons (Fsp3) is 0.500. The highest BCUT2D eigenvalue weighted by molar-refractivity contribution is 7.98. The highest BCUT2D eigenvalue weighted by Crippen LogP contribution is 2.25. The van der Waals surface area contributed by atoms with E-state index in [-0.39, 0.29) is 11.8 Å². The molecule has 9 nitrogen and oxygen atoms in total. The second-order valence-corrected chi connectivity index (χ2v) is 9.78. The van der Waals surface area contributed by atoms with Crippen LogP contribution in [0.2, 0.25) is 0 Å². The van der Waals surface area contributed by atoms with E-state index in [0.717, 1.165) is 16.8 Å².